The third-order valence-corrected chi connectivity index (χ3v) is 7.17. The number of carbonyl (C=O) groups excluding carboxylic acids is 1. The van der Waals surface area contributed by atoms with E-state index in [1.54, 1.807) is 0 Å². The highest BCUT2D eigenvalue weighted by Crippen LogP contribution is 2.57. The lowest BCUT2D eigenvalue weighted by Gasteiger charge is -2.54. The normalized spacial score (nSPS) is 37.9. The van der Waals surface area contributed by atoms with Crippen molar-refractivity contribution in [3.05, 3.63) is 39.9 Å². The Morgan fingerprint density at radius 1 is 1.04 bits per heavy atom. The van der Waals surface area contributed by atoms with Crippen LogP contribution in [-0.2, 0) is 9.53 Å². The van der Waals surface area contributed by atoms with Crippen LogP contribution in [0, 0.1) is 24.7 Å². The molecule has 0 aromatic heterocycles. The van der Waals surface area contributed by atoms with Gasteiger partial charge in [-0.1, -0.05) is 29.8 Å². The van der Waals surface area contributed by atoms with Crippen molar-refractivity contribution in [1.29, 1.82) is 0 Å². The summed E-state index contributed by atoms with van der Waals surface area (Å²) in [5.41, 5.74) is 2.06. The van der Waals surface area contributed by atoms with Crippen molar-refractivity contribution in [3.63, 3.8) is 0 Å². The maximum atomic E-state index is 12.7. The summed E-state index contributed by atoms with van der Waals surface area (Å²) in [5, 5.41) is 0. The van der Waals surface area contributed by atoms with Gasteiger partial charge in [0, 0.05) is 5.56 Å². The Morgan fingerprint density at radius 2 is 1.60 bits per heavy atom. The van der Waals surface area contributed by atoms with Crippen LogP contribution >= 0.6 is 15.9 Å². The fourth-order valence-corrected chi connectivity index (χ4v) is 6.25. The van der Waals surface area contributed by atoms with E-state index >= 15 is 0 Å². The van der Waals surface area contributed by atoms with Gasteiger partial charge in [-0.3, -0.25) is 4.79 Å². The summed E-state index contributed by atoms with van der Waals surface area (Å²) in [6.07, 6.45) is 7.52. The zero-order valence-electron chi connectivity index (χ0n) is 14.4. The fourth-order valence-electron chi connectivity index (χ4n) is 5.77. The summed E-state index contributed by atoms with van der Waals surface area (Å²) in [6, 6.07) is 8.05. The molecular formula is C21H22BrNO2. The van der Waals surface area contributed by atoms with Gasteiger partial charge >= 0.3 is 0 Å². The number of rotatable bonds is 2. The van der Waals surface area contributed by atoms with Gasteiger partial charge in [-0.15, -0.1) is 0 Å². The van der Waals surface area contributed by atoms with E-state index in [9.17, 15) is 4.79 Å². The summed E-state index contributed by atoms with van der Waals surface area (Å²) in [7, 11) is 0. The number of ketones is 1. The molecule has 0 radical (unpaired) electrons. The zero-order chi connectivity index (χ0) is 17.2. The first-order valence-electron chi connectivity index (χ1n) is 9.30. The minimum Gasteiger partial charge on any atom is -0.434 e. The Morgan fingerprint density at radius 3 is 2.16 bits per heavy atom. The average Bonchev–Trinajstić information content (AvgIpc) is 2.82. The second kappa shape index (κ2) is 5.54. The molecule has 1 aromatic carbocycles. The number of Topliss-reactive ketones (excluding diaryl/α,β-unsaturated/α-hetero) is 1. The van der Waals surface area contributed by atoms with Crippen molar-refractivity contribution < 1.29 is 9.53 Å². The minimum atomic E-state index is -0.105. The van der Waals surface area contributed by atoms with E-state index in [-0.39, 0.29) is 11.3 Å². The Kier molecular flexibility index (Phi) is 3.50. The van der Waals surface area contributed by atoms with Crippen LogP contribution in [0.15, 0.2) is 33.7 Å². The highest BCUT2D eigenvalue weighted by molar-refractivity contribution is 9.12. The molecule has 0 atom stereocenters. The molecule has 1 heterocycles. The molecule has 4 heteroatoms. The second-order valence-corrected chi connectivity index (χ2v) is 9.29. The van der Waals surface area contributed by atoms with Crippen molar-refractivity contribution in [2.24, 2.45) is 22.7 Å². The van der Waals surface area contributed by atoms with Crippen LogP contribution in [0.1, 0.15) is 49.7 Å². The molecule has 4 bridgehead atoms. The smallest absolute Gasteiger partial charge is 0.265 e. The first kappa shape index (κ1) is 15.8. The van der Waals surface area contributed by atoms with E-state index in [0.717, 1.165) is 42.6 Å². The van der Waals surface area contributed by atoms with E-state index in [0.29, 0.717) is 16.1 Å². The molecule has 1 aliphatic heterocycles. The molecule has 0 amide bonds. The lowest BCUT2D eigenvalue weighted by atomic mass is 9.53. The van der Waals surface area contributed by atoms with E-state index < -0.39 is 0 Å². The number of benzene rings is 1. The zero-order valence-corrected chi connectivity index (χ0v) is 16.0. The number of hydrogen-bond acceptors (Lipinski definition) is 3. The van der Waals surface area contributed by atoms with E-state index in [1.807, 2.05) is 31.2 Å². The molecule has 4 aliphatic carbocycles. The molecule has 5 aliphatic rings. The number of aryl methyl sites for hydroxylation is 1. The molecule has 25 heavy (non-hydrogen) atoms. The third-order valence-electron chi connectivity index (χ3n) is 6.45. The molecule has 6 rings (SSSR count). The number of halogens is 1. The standard InChI is InChI=1S/C21H22BrNO2/c1-12-2-4-16(5-3-12)19-17(22)18(24)20(25-19)23-21-9-13-6-14(10-21)8-15(7-13)11-21/h2-5,13-15H,6-11H2,1H3. The first-order valence-corrected chi connectivity index (χ1v) is 10.1. The fraction of sp³-hybridized carbons (Fsp3) is 0.524. The monoisotopic (exact) mass is 399 g/mol. The van der Waals surface area contributed by atoms with Crippen LogP contribution in [0.25, 0.3) is 5.76 Å². The third kappa shape index (κ3) is 2.61. The summed E-state index contributed by atoms with van der Waals surface area (Å²) in [5.74, 6) is 3.21. The molecule has 1 aromatic rings. The minimum absolute atomic E-state index is 0.0459. The van der Waals surface area contributed by atoms with Crippen molar-refractivity contribution in [1.82, 2.24) is 0 Å². The first-order chi connectivity index (χ1) is 12.0. The number of carbonyl (C=O) groups is 1. The predicted octanol–water partition coefficient (Wildman–Crippen LogP) is 5.03. The largest absolute Gasteiger partial charge is 0.434 e. The van der Waals surface area contributed by atoms with Crippen LogP contribution < -0.4 is 0 Å². The van der Waals surface area contributed by atoms with Crippen LogP contribution in [-0.4, -0.2) is 17.2 Å². The topological polar surface area (TPSA) is 38.7 Å². The maximum absolute atomic E-state index is 12.7. The van der Waals surface area contributed by atoms with Crippen LogP contribution in [0.2, 0.25) is 0 Å². The Labute approximate surface area is 156 Å². The number of nitrogens with zero attached hydrogens (tertiary/aromatic N) is 1. The van der Waals surface area contributed by atoms with Gasteiger partial charge < -0.3 is 4.74 Å². The van der Waals surface area contributed by atoms with E-state index in [4.69, 9.17) is 9.73 Å². The van der Waals surface area contributed by atoms with Gasteiger partial charge in [-0.2, -0.15) is 0 Å². The average molecular weight is 400 g/mol. The number of ether oxygens (including phenoxy) is 1. The van der Waals surface area contributed by atoms with Crippen molar-refractivity contribution in [2.45, 2.75) is 51.0 Å². The van der Waals surface area contributed by atoms with E-state index in [1.165, 1.54) is 24.8 Å². The predicted molar refractivity (Wildman–Crippen MR) is 101 cm³/mol. The van der Waals surface area contributed by atoms with Gasteiger partial charge in [0.1, 0.15) is 4.48 Å². The van der Waals surface area contributed by atoms with Crippen molar-refractivity contribution in [2.75, 3.05) is 0 Å². The molecule has 0 unspecified atom stereocenters. The summed E-state index contributed by atoms with van der Waals surface area (Å²) in [6.45, 7) is 2.05. The summed E-state index contributed by atoms with van der Waals surface area (Å²) >= 11 is 3.44. The SMILES string of the molecule is Cc1ccc(C2=C(Br)C(=O)C(=NC34CC5CC(CC(C5)C3)C4)O2)cc1. The molecule has 0 N–H and O–H groups in total. The highest BCUT2D eigenvalue weighted by Gasteiger charge is 2.52. The van der Waals surface area contributed by atoms with Gasteiger partial charge in [0.2, 0.25) is 0 Å². The molecule has 4 fully saturated rings. The number of hydrogen-bond donors (Lipinski definition) is 0. The summed E-state index contributed by atoms with van der Waals surface area (Å²) < 4.78 is 6.48. The molecule has 3 nitrogen and oxygen atoms in total. The van der Waals surface area contributed by atoms with Gasteiger partial charge in [0.05, 0.1) is 5.54 Å². The Bertz CT molecular complexity index is 770. The molecule has 0 saturated heterocycles. The Hall–Kier alpha value is -1.42. The highest BCUT2D eigenvalue weighted by atomic mass is 79.9. The van der Waals surface area contributed by atoms with Gasteiger partial charge in [0.25, 0.3) is 11.7 Å². The van der Waals surface area contributed by atoms with Crippen LogP contribution in [0.3, 0.4) is 0 Å². The second-order valence-electron chi connectivity index (χ2n) is 8.50. The van der Waals surface area contributed by atoms with Crippen LogP contribution in [0.5, 0.6) is 0 Å². The lowest BCUT2D eigenvalue weighted by Crippen LogP contribution is -2.50. The van der Waals surface area contributed by atoms with E-state index in [2.05, 4.69) is 15.9 Å². The Balaban J connectivity index is 1.45. The van der Waals surface area contributed by atoms with Crippen molar-refractivity contribution in [3.8, 4) is 0 Å². The molecule has 0 spiro atoms. The number of aliphatic imine (C=N–C) groups is 1. The van der Waals surface area contributed by atoms with Crippen molar-refractivity contribution >= 4 is 33.4 Å². The van der Waals surface area contributed by atoms with Gasteiger partial charge in [0.15, 0.2) is 5.76 Å². The molecular weight excluding hydrogens is 378 g/mol. The molecule has 130 valence electrons. The maximum Gasteiger partial charge on any atom is 0.265 e. The summed E-state index contributed by atoms with van der Waals surface area (Å²) in [4.78, 5) is 17.7. The lowest BCUT2D eigenvalue weighted by molar-refractivity contribution is -0.109. The van der Waals surface area contributed by atoms with Gasteiger partial charge in [-0.25, -0.2) is 4.99 Å². The van der Waals surface area contributed by atoms with Crippen LogP contribution in [0.4, 0.5) is 0 Å². The molecule has 4 saturated carbocycles. The quantitative estimate of drug-likeness (QED) is 0.699. The van der Waals surface area contributed by atoms with Gasteiger partial charge in [-0.05, 0) is 79.1 Å².